The van der Waals surface area contributed by atoms with Gasteiger partial charge in [0.2, 0.25) is 5.92 Å². The number of aromatic nitrogens is 1. The second kappa shape index (κ2) is 3.05. The summed E-state index contributed by atoms with van der Waals surface area (Å²) in [6.07, 6.45) is 1.12. The molecule has 0 aliphatic heterocycles. The minimum Gasteiger partial charge on any atom is -0.397 e. The van der Waals surface area contributed by atoms with Gasteiger partial charge in [0.15, 0.2) is 0 Å². The average Bonchev–Trinajstić information content (AvgIpc) is 2.00. The highest BCUT2D eigenvalue weighted by Crippen LogP contribution is 2.49. The third kappa shape index (κ3) is 1.66. The van der Waals surface area contributed by atoms with Crippen LogP contribution in [0.2, 0.25) is 5.02 Å². The molecular formula is C9H9ClF2N2. The lowest BCUT2D eigenvalue weighted by atomic mass is 9.79. The Morgan fingerprint density at radius 3 is 2.64 bits per heavy atom. The van der Waals surface area contributed by atoms with E-state index in [0.717, 1.165) is 0 Å². The van der Waals surface area contributed by atoms with Crippen molar-refractivity contribution in [2.45, 2.75) is 24.7 Å². The molecule has 0 radical (unpaired) electrons. The van der Waals surface area contributed by atoms with Gasteiger partial charge in [0.05, 0.1) is 22.6 Å². The number of anilines is 1. The largest absolute Gasteiger partial charge is 0.397 e. The van der Waals surface area contributed by atoms with Crippen molar-refractivity contribution in [2.75, 3.05) is 5.73 Å². The molecule has 0 amide bonds. The molecule has 0 bridgehead atoms. The number of nitrogens with two attached hydrogens (primary N) is 1. The maximum absolute atomic E-state index is 12.6. The van der Waals surface area contributed by atoms with Gasteiger partial charge in [-0.2, -0.15) is 0 Å². The maximum atomic E-state index is 12.6. The van der Waals surface area contributed by atoms with E-state index in [1.165, 1.54) is 6.20 Å². The topological polar surface area (TPSA) is 38.9 Å². The monoisotopic (exact) mass is 218 g/mol. The number of nitrogen functional groups attached to an aromatic ring is 1. The van der Waals surface area contributed by atoms with Gasteiger partial charge in [-0.3, -0.25) is 4.98 Å². The smallest absolute Gasteiger partial charge is 0.249 e. The van der Waals surface area contributed by atoms with Gasteiger partial charge in [-0.25, -0.2) is 8.78 Å². The lowest BCUT2D eigenvalue weighted by molar-refractivity contribution is -0.0875. The van der Waals surface area contributed by atoms with E-state index in [0.29, 0.717) is 16.4 Å². The summed E-state index contributed by atoms with van der Waals surface area (Å²) in [6, 6.07) is 1.54. The molecular weight excluding hydrogens is 210 g/mol. The van der Waals surface area contributed by atoms with Crippen molar-refractivity contribution in [3.05, 3.63) is 23.0 Å². The summed E-state index contributed by atoms with van der Waals surface area (Å²) in [5.74, 6) is -2.77. The van der Waals surface area contributed by atoms with Crippen molar-refractivity contribution in [3.8, 4) is 0 Å². The van der Waals surface area contributed by atoms with Crippen LogP contribution >= 0.6 is 11.6 Å². The van der Waals surface area contributed by atoms with E-state index in [1.807, 2.05) is 0 Å². The van der Waals surface area contributed by atoms with Crippen LogP contribution in [0, 0.1) is 0 Å². The van der Waals surface area contributed by atoms with E-state index < -0.39 is 5.92 Å². The first-order valence-corrected chi connectivity index (χ1v) is 4.64. The quantitative estimate of drug-likeness (QED) is 0.787. The third-order valence-corrected chi connectivity index (χ3v) is 2.67. The molecule has 1 aromatic rings. The SMILES string of the molecule is Nc1cnc(C2CC(F)(F)C2)c(Cl)c1. The van der Waals surface area contributed by atoms with Gasteiger partial charge in [-0.15, -0.1) is 0 Å². The Hall–Kier alpha value is -0.900. The number of rotatable bonds is 1. The molecule has 14 heavy (non-hydrogen) atoms. The Bertz CT molecular complexity index is 360. The zero-order chi connectivity index (χ0) is 10.3. The minimum absolute atomic E-state index is 0.163. The number of pyridine rings is 1. The van der Waals surface area contributed by atoms with Gasteiger partial charge in [-0.1, -0.05) is 11.6 Å². The second-order valence-electron chi connectivity index (χ2n) is 3.60. The molecule has 1 saturated carbocycles. The summed E-state index contributed by atoms with van der Waals surface area (Å²) < 4.78 is 25.2. The Morgan fingerprint density at radius 1 is 1.50 bits per heavy atom. The molecule has 1 heterocycles. The van der Waals surface area contributed by atoms with Crippen molar-refractivity contribution in [3.63, 3.8) is 0 Å². The summed E-state index contributed by atoms with van der Waals surface area (Å²) in [5.41, 5.74) is 6.43. The lowest BCUT2D eigenvalue weighted by Gasteiger charge is -2.34. The standard InChI is InChI=1S/C9H9ClF2N2/c10-7-1-6(13)4-14-8(7)5-2-9(11,12)3-5/h1,4-5H,2-3,13H2. The first kappa shape index (κ1) is 9.65. The molecule has 1 fully saturated rings. The fourth-order valence-corrected chi connectivity index (χ4v) is 1.95. The normalized spacial score (nSPS) is 20.5. The average molecular weight is 219 g/mol. The molecule has 2 N–H and O–H groups in total. The number of alkyl halides is 2. The van der Waals surface area contributed by atoms with E-state index >= 15 is 0 Å². The summed E-state index contributed by atoms with van der Waals surface area (Å²) in [5, 5.41) is 0.380. The zero-order valence-electron chi connectivity index (χ0n) is 7.30. The van der Waals surface area contributed by atoms with Crippen molar-refractivity contribution in [1.29, 1.82) is 0 Å². The molecule has 0 spiro atoms. The van der Waals surface area contributed by atoms with Gasteiger partial charge < -0.3 is 5.73 Å². The van der Waals surface area contributed by atoms with Gasteiger partial charge in [0.1, 0.15) is 0 Å². The lowest BCUT2D eigenvalue weighted by Crippen LogP contribution is -2.34. The van der Waals surface area contributed by atoms with Gasteiger partial charge in [0.25, 0.3) is 0 Å². The first-order chi connectivity index (χ1) is 6.48. The van der Waals surface area contributed by atoms with Gasteiger partial charge in [-0.05, 0) is 6.07 Å². The van der Waals surface area contributed by atoms with Crippen LogP contribution in [0.1, 0.15) is 24.5 Å². The number of hydrogen-bond donors (Lipinski definition) is 1. The van der Waals surface area contributed by atoms with E-state index in [9.17, 15) is 8.78 Å². The Kier molecular flexibility index (Phi) is 2.10. The van der Waals surface area contributed by atoms with Crippen LogP contribution in [0.25, 0.3) is 0 Å². The molecule has 5 heteroatoms. The Balaban J connectivity index is 2.19. The molecule has 1 aliphatic carbocycles. The molecule has 0 aromatic carbocycles. The van der Waals surface area contributed by atoms with E-state index in [2.05, 4.69) is 4.98 Å². The highest BCUT2D eigenvalue weighted by atomic mass is 35.5. The van der Waals surface area contributed by atoms with E-state index in [-0.39, 0.29) is 18.8 Å². The van der Waals surface area contributed by atoms with Crippen LogP contribution in [0.5, 0.6) is 0 Å². The van der Waals surface area contributed by atoms with Crippen molar-refractivity contribution in [2.24, 2.45) is 0 Å². The predicted octanol–water partition coefficient (Wildman–Crippen LogP) is 2.83. The van der Waals surface area contributed by atoms with Crippen molar-refractivity contribution >= 4 is 17.3 Å². The fourth-order valence-electron chi connectivity index (χ4n) is 1.62. The Labute approximate surface area is 85.1 Å². The molecule has 2 nitrogen and oxygen atoms in total. The molecule has 0 unspecified atom stereocenters. The summed E-state index contributed by atoms with van der Waals surface area (Å²) >= 11 is 5.84. The van der Waals surface area contributed by atoms with Gasteiger partial charge in [0, 0.05) is 18.8 Å². The van der Waals surface area contributed by atoms with Crippen LogP contribution in [0.4, 0.5) is 14.5 Å². The number of hydrogen-bond acceptors (Lipinski definition) is 2. The summed E-state index contributed by atoms with van der Waals surface area (Å²) in [6.45, 7) is 0. The van der Waals surface area contributed by atoms with Crippen LogP contribution in [-0.2, 0) is 0 Å². The third-order valence-electron chi connectivity index (χ3n) is 2.37. The minimum atomic E-state index is -2.54. The molecule has 0 atom stereocenters. The molecule has 1 aliphatic rings. The van der Waals surface area contributed by atoms with Crippen molar-refractivity contribution in [1.82, 2.24) is 4.98 Å². The summed E-state index contributed by atoms with van der Waals surface area (Å²) in [4.78, 5) is 3.98. The highest BCUT2D eigenvalue weighted by molar-refractivity contribution is 6.31. The summed E-state index contributed by atoms with van der Waals surface area (Å²) in [7, 11) is 0. The first-order valence-electron chi connectivity index (χ1n) is 4.27. The van der Waals surface area contributed by atoms with Crippen molar-refractivity contribution < 1.29 is 8.78 Å². The number of nitrogens with zero attached hydrogens (tertiary/aromatic N) is 1. The van der Waals surface area contributed by atoms with E-state index in [1.54, 1.807) is 6.07 Å². The molecule has 0 saturated heterocycles. The van der Waals surface area contributed by atoms with Gasteiger partial charge >= 0.3 is 0 Å². The Morgan fingerprint density at radius 2 is 2.14 bits per heavy atom. The number of halogens is 3. The predicted molar refractivity (Wildman–Crippen MR) is 50.6 cm³/mol. The maximum Gasteiger partial charge on any atom is 0.249 e. The van der Waals surface area contributed by atoms with E-state index in [4.69, 9.17) is 17.3 Å². The zero-order valence-corrected chi connectivity index (χ0v) is 8.06. The second-order valence-corrected chi connectivity index (χ2v) is 4.00. The van der Waals surface area contributed by atoms with Crippen LogP contribution in [0.15, 0.2) is 12.3 Å². The molecule has 76 valence electrons. The fraction of sp³-hybridized carbons (Fsp3) is 0.444. The molecule has 1 aromatic heterocycles. The van der Waals surface area contributed by atoms with Crippen LogP contribution < -0.4 is 5.73 Å². The molecule has 2 rings (SSSR count). The highest BCUT2D eigenvalue weighted by Gasteiger charge is 2.47. The van der Waals surface area contributed by atoms with Crippen LogP contribution in [-0.4, -0.2) is 10.9 Å². The van der Waals surface area contributed by atoms with Crippen LogP contribution in [0.3, 0.4) is 0 Å².